The van der Waals surface area contributed by atoms with Gasteiger partial charge in [-0.25, -0.2) is 14.5 Å². The Balaban J connectivity index is 1.44. The predicted octanol–water partition coefficient (Wildman–Crippen LogP) is 4.91. The van der Waals surface area contributed by atoms with Gasteiger partial charge in [0.1, 0.15) is 0 Å². The van der Waals surface area contributed by atoms with Crippen LogP contribution in [0.1, 0.15) is 30.2 Å². The molecule has 0 aliphatic carbocycles. The highest BCUT2D eigenvalue weighted by Crippen LogP contribution is 2.19. The van der Waals surface area contributed by atoms with Crippen molar-refractivity contribution >= 4 is 40.0 Å². The van der Waals surface area contributed by atoms with Crippen molar-refractivity contribution in [3.8, 4) is 0 Å². The van der Waals surface area contributed by atoms with Crippen molar-refractivity contribution in [1.29, 1.82) is 0 Å². The van der Waals surface area contributed by atoms with Crippen molar-refractivity contribution in [2.75, 3.05) is 16.0 Å². The molecule has 4 aromatic rings. The van der Waals surface area contributed by atoms with Gasteiger partial charge in [0.05, 0.1) is 11.8 Å². The van der Waals surface area contributed by atoms with Crippen molar-refractivity contribution in [3.05, 3.63) is 78.6 Å². The summed E-state index contributed by atoms with van der Waals surface area (Å²) in [6, 6.07) is 17.7. The van der Waals surface area contributed by atoms with Crippen LogP contribution in [0.25, 0.3) is 11.0 Å². The first-order valence-electron chi connectivity index (χ1n) is 9.87. The molecule has 2 aromatic carbocycles. The van der Waals surface area contributed by atoms with E-state index in [4.69, 9.17) is 0 Å². The van der Waals surface area contributed by atoms with Gasteiger partial charge < -0.3 is 16.0 Å². The standard InChI is InChI=1S/C23H22N6O2/c1-15(2)29-21-16(14-25-29)11-17(13-24-21)22(30)26-19-9-6-10-20(12-19)28-23(31)27-18-7-4-3-5-8-18/h3-15H,1-2H3,(H,26,30)(H2,27,28,31). The fourth-order valence-corrected chi connectivity index (χ4v) is 3.14. The third kappa shape index (κ3) is 4.69. The van der Waals surface area contributed by atoms with Gasteiger partial charge in [-0.1, -0.05) is 24.3 Å². The lowest BCUT2D eigenvalue weighted by Gasteiger charge is -2.10. The molecule has 156 valence electrons. The maximum absolute atomic E-state index is 12.7. The number of nitrogens with zero attached hydrogens (tertiary/aromatic N) is 3. The van der Waals surface area contributed by atoms with Crippen molar-refractivity contribution in [2.24, 2.45) is 0 Å². The summed E-state index contributed by atoms with van der Waals surface area (Å²) in [6.45, 7) is 4.05. The minimum absolute atomic E-state index is 0.180. The number of benzene rings is 2. The smallest absolute Gasteiger partial charge is 0.322 e. The Hall–Kier alpha value is -4.20. The summed E-state index contributed by atoms with van der Waals surface area (Å²) in [4.78, 5) is 29.3. The number of carbonyl (C=O) groups excluding carboxylic acids is 2. The van der Waals surface area contributed by atoms with E-state index in [0.717, 1.165) is 11.0 Å². The molecule has 2 aromatic heterocycles. The Bertz CT molecular complexity index is 1230. The number of carbonyl (C=O) groups is 2. The van der Waals surface area contributed by atoms with Crippen LogP contribution in [0.15, 0.2) is 73.1 Å². The first kappa shape index (κ1) is 20.1. The van der Waals surface area contributed by atoms with Crippen molar-refractivity contribution < 1.29 is 9.59 Å². The van der Waals surface area contributed by atoms with Crippen molar-refractivity contribution in [2.45, 2.75) is 19.9 Å². The molecule has 8 heteroatoms. The number of amides is 3. The van der Waals surface area contributed by atoms with Crippen LogP contribution in [0.4, 0.5) is 21.9 Å². The summed E-state index contributed by atoms with van der Waals surface area (Å²) in [5, 5.41) is 13.5. The van der Waals surface area contributed by atoms with E-state index in [-0.39, 0.29) is 18.0 Å². The molecule has 4 rings (SSSR count). The van der Waals surface area contributed by atoms with Gasteiger partial charge in [0, 0.05) is 34.7 Å². The largest absolute Gasteiger partial charge is 0.323 e. The van der Waals surface area contributed by atoms with Gasteiger partial charge in [-0.3, -0.25) is 4.79 Å². The molecule has 0 atom stereocenters. The van der Waals surface area contributed by atoms with Gasteiger partial charge >= 0.3 is 6.03 Å². The number of rotatable bonds is 5. The van der Waals surface area contributed by atoms with Gasteiger partial charge in [0.2, 0.25) is 0 Å². The van der Waals surface area contributed by atoms with E-state index in [2.05, 4.69) is 26.0 Å². The lowest BCUT2D eigenvalue weighted by Crippen LogP contribution is -2.19. The molecule has 0 saturated heterocycles. The summed E-state index contributed by atoms with van der Waals surface area (Å²) in [5.74, 6) is -0.294. The van der Waals surface area contributed by atoms with Crippen LogP contribution in [-0.2, 0) is 0 Å². The van der Waals surface area contributed by atoms with E-state index >= 15 is 0 Å². The fourth-order valence-electron chi connectivity index (χ4n) is 3.14. The van der Waals surface area contributed by atoms with Crippen molar-refractivity contribution in [3.63, 3.8) is 0 Å². The zero-order valence-electron chi connectivity index (χ0n) is 17.2. The lowest BCUT2D eigenvalue weighted by molar-refractivity contribution is 0.102. The number of aromatic nitrogens is 3. The van der Waals surface area contributed by atoms with E-state index in [9.17, 15) is 9.59 Å². The number of anilines is 3. The summed E-state index contributed by atoms with van der Waals surface area (Å²) in [6.07, 6.45) is 3.24. The second-order valence-corrected chi connectivity index (χ2v) is 7.30. The Kier molecular flexibility index (Phi) is 5.61. The van der Waals surface area contributed by atoms with E-state index in [1.807, 2.05) is 36.7 Å². The van der Waals surface area contributed by atoms with E-state index in [1.165, 1.54) is 6.20 Å². The van der Waals surface area contributed by atoms with Crippen LogP contribution in [0, 0.1) is 0 Å². The van der Waals surface area contributed by atoms with Crippen LogP contribution in [0.2, 0.25) is 0 Å². The zero-order chi connectivity index (χ0) is 21.8. The summed E-state index contributed by atoms with van der Waals surface area (Å²) >= 11 is 0. The van der Waals surface area contributed by atoms with E-state index in [1.54, 1.807) is 48.7 Å². The minimum atomic E-state index is -0.369. The topological polar surface area (TPSA) is 101 Å². The highest BCUT2D eigenvalue weighted by atomic mass is 16.2. The predicted molar refractivity (Wildman–Crippen MR) is 121 cm³/mol. The first-order chi connectivity index (χ1) is 15.0. The number of urea groups is 1. The average Bonchev–Trinajstić information content (AvgIpc) is 3.18. The third-order valence-electron chi connectivity index (χ3n) is 4.59. The first-order valence-corrected chi connectivity index (χ1v) is 9.87. The molecular formula is C23H22N6O2. The molecule has 8 nitrogen and oxygen atoms in total. The van der Waals surface area contributed by atoms with Gasteiger partial charge in [0.15, 0.2) is 5.65 Å². The number of hydrogen-bond acceptors (Lipinski definition) is 4. The van der Waals surface area contributed by atoms with Crippen molar-refractivity contribution in [1.82, 2.24) is 14.8 Å². The molecule has 0 saturated carbocycles. The fraction of sp³-hybridized carbons (Fsp3) is 0.130. The Morgan fingerprint density at radius 2 is 1.52 bits per heavy atom. The van der Waals surface area contributed by atoms with E-state index < -0.39 is 0 Å². The average molecular weight is 414 g/mol. The van der Waals surface area contributed by atoms with Crippen LogP contribution in [0.5, 0.6) is 0 Å². The van der Waals surface area contributed by atoms with Crippen LogP contribution >= 0.6 is 0 Å². The Labute approximate surface area is 179 Å². The molecular weight excluding hydrogens is 392 g/mol. The number of hydrogen-bond donors (Lipinski definition) is 3. The molecule has 3 amide bonds. The van der Waals surface area contributed by atoms with Crippen LogP contribution < -0.4 is 16.0 Å². The normalized spacial score (nSPS) is 10.8. The Morgan fingerprint density at radius 1 is 0.839 bits per heavy atom. The SMILES string of the molecule is CC(C)n1ncc2cc(C(=O)Nc3cccc(NC(=O)Nc4ccccc4)c3)cnc21. The quantitative estimate of drug-likeness (QED) is 0.432. The van der Waals surface area contributed by atoms with Gasteiger partial charge in [0.25, 0.3) is 5.91 Å². The minimum Gasteiger partial charge on any atom is -0.322 e. The number of fused-ring (bicyclic) bond motifs is 1. The summed E-state index contributed by atoms with van der Waals surface area (Å²) in [7, 11) is 0. The second-order valence-electron chi connectivity index (χ2n) is 7.30. The molecule has 0 aliphatic heterocycles. The molecule has 0 bridgehead atoms. The number of nitrogens with one attached hydrogen (secondary N) is 3. The molecule has 0 fully saturated rings. The summed E-state index contributed by atoms with van der Waals surface area (Å²) < 4.78 is 1.81. The second kappa shape index (κ2) is 8.66. The monoisotopic (exact) mass is 414 g/mol. The molecule has 3 N–H and O–H groups in total. The van der Waals surface area contributed by atoms with Crippen LogP contribution in [-0.4, -0.2) is 26.7 Å². The maximum Gasteiger partial charge on any atom is 0.323 e. The van der Waals surface area contributed by atoms with Gasteiger partial charge in [-0.05, 0) is 50.2 Å². The van der Waals surface area contributed by atoms with Gasteiger partial charge in [-0.15, -0.1) is 0 Å². The molecule has 31 heavy (non-hydrogen) atoms. The van der Waals surface area contributed by atoms with Gasteiger partial charge in [-0.2, -0.15) is 5.10 Å². The molecule has 0 spiro atoms. The number of para-hydroxylation sites is 1. The Morgan fingerprint density at radius 3 is 2.26 bits per heavy atom. The summed E-state index contributed by atoms with van der Waals surface area (Å²) in [5.41, 5.74) is 2.96. The maximum atomic E-state index is 12.7. The third-order valence-corrected chi connectivity index (χ3v) is 4.59. The molecule has 0 aliphatic rings. The molecule has 2 heterocycles. The highest BCUT2D eigenvalue weighted by Gasteiger charge is 2.12. The number of pyridine rings is 1. The zero-order valence-corrected chi connectivity index (χ0v) is 17.2. The van der Waals surface area contributed by atoms with E-state index in [0.29, 0.717) is 22.6 Å². The molecule has 0 radical (unpaired) electrons. The van der Waals surface area contributed by atoms with Crippen LogP contribution in [0.3, 0.4) is 0 Å². The lowest BCUT2D eigenvalue weighted by atomic mass is 10.2. The molecule has 0 unspecified atom stereocenters. The highest BCUT2D eigenvalue weighted by molar-refractivity contribution is 6.06.